The zero-order valence-electron chi connectivity index (χ0n) is 13.8. The topological polar surface area (TPSA) is 96.1 Å². The highest BCUT2D eigenvalue weighted by Gasteiger charge is 2.15. The van der Waals surface area contributed by atoms with Crippen molar-refractivity contribution < 1.29 is 14.3 Å². The van der Waals surface area contributed by atoms with E-state index in [0.29, 0.717) is 13.0 Å². The molecule has 0 aliphatic rings. The molecule has 2 rings (SSSR count). The van der Waals surface area contributed by atoms with Gasteiger partial charge in [-0.1, -0.05) is 6.07 Å². The van der Waals surface area contributed by atoms with Crippen LogP contribution in [-0.2, 0) is 16.0 Å². The van der Waals surface area contributed by atoms with Crippen LogP contribution in [0.3, 0.4) is 0 Å². The fraction of sp³-hybridized carbons (Fsp3) is 0.438. The number of hydrogen-bond donors (Lipinski definition) is 3. The molecular formula is C16H22N4O3. The average Bonchev–Trinajstić information content (AvgIpc) is 2.94. The largest absolute Gasteiger partial charge is 0.453 e. The first-order chi connectivity index (χ1) is 10.9. The van der Waals surface area contributed by atoms with Gasteiger partial charge in [0.05, 0.1) is 18.1 Å². The van der Waals surface area contributed by atoms with Gasteiger partial charge in [0.1, 0.15) is 11.9 Å². The predicted octanol–water partition coefficient (Wildman–Crippen LogP) is 1.58. The van der Waals surface area contributed by atoms with Crippen molar-refractivity contribution in [2.45, 2.75) is 33.2 Å². The lowest BCUT2D eigenvalue weighted by Gasteiger charge is -2.12. The molecule has 0 radical (unpaired) electrons. The quantitative estimate of drug-likeness (QED) is 0.780. The first kappa shape index (κ1) is 16.8. The number of ether oxygens (including phenoxy) is 1. The van der Waals surface area contributed by atoms with Crippen LogP contribution < -0.4 is 10.6 Å². The van der Waals surface area contributed by atoms with Crippen molar-refractivity contribution in [3.63, 3.8) is 0 Å². The Bertz CT molecular complexity index is 723. The summed E-state index contributed by atoms with van der Waals surface area (Å²) in [5.74, 6) is 0.557. The standard InChI is InChI=1S/C16H22N4O3/c1-9-5-6-12-14(10(9)2)20-13(19-12)7-8-17-15(21)11(3)18-16(22)23-4/h5-6,11H,7-8H2,1-4H3,(H,17,21)(H,18,22)(H,19,20). The van der Waals surface area contributed by atoms with Crippen LogP contribution >= 0.6 is 0 Å². The molecule has 7 nitrogen and oxygen atoms in total. The highest BCUT2D eigenvalue weighted by atomic mass is 16.5. The van der Waals surface area contributed by atoms with Gasteiger partial charge in [-0.25, -0.2) is 9.78 Å². The number of methoxy groups -OCH3 is 1. The molecule has 2 aromatic rings. The molecule has 3 N–H and O–H groups in total. The molecule has 0 aliphatic carbocycles. The minimum Gasteiger partial charge on any atom is -0.453 e. The molecular weight excluding hydrogens is 296 g/mol. The van der Waals surface area contributed by atoms with Gasteiger partial charge < -0.3 is 20.4 Å². The van der Waals surface area contributed by atoms with Gasteiger partial charge >= 0.3 is 6.09 Å². The lowest BCUT2D eigenvalue weighted by molar-refractivity contribution is -0.122. The Labute approximate surface area is 134 Å². The molecule has 0 saturated carbocycles. The molecule has 0 bridgehead atoms. The number of nitrogens with zero attached hydrogens (tertiary/aromatic N) is 1. The number of fused-ring (bicyclic) bond motifs is 1. The number of aromatic amines is 1. The number of imidazole rings is 1. The van der Waals surface area contributed by atoms with Crippen LogP contribution in [0.15, 0.2) is 12.1 Å². The Morgan fingerprint density at radius 3 is 2.78 bits per heavy atom. The molecule has 7 heteroatoms. The second kappa shape index (κ2) is 7.13. The summed E-state index contributed by atoms with van der Waals surface area (Å²) in [6.45, 7) is 6.13. The summed E-state index contributed by atoms with van der Waals surface area (Å²) < 4.78 is 4.45. The van der Waals surface area contributed by atoms with Gasteiger partial charge in [-0.2, -0.15) is 0 Å². The van der Waals surface area contributed by atoms with Crippen LogP contribution in [0.25, 0.3) is 11.0 Å². The van der Waals surface area contributed by atoms with E-state index in [-0.39, 0.29) is 5.91 Å². The average molecular weight is 318 g/mol. The molecule has 0 aliphatic heterocycles. The van der Waals surface area contributed by atoms with Gasteiger partial charge in [0.2, 0.25) is 5.91 Å². The van der Waals surface area contributed by atoms with Crippen molar-refractivity contribution >= 4 is 23.0 Å². The summed E-state index contributed by atoms with van der Waals surface area (Å²) in [6, 6.07) is 3.42. The van der Waals surface area contributed by atoms with E-state index in [9.17, 15) is 9.59 Å². The van der Waals surface area contributed by atoms with E-state index in [2.05, 4.69) is 38.3 Å². The number of benzene rings is 1. The molecule has 124 valence electrons. The maximum absolute atomic E-state index is 11.8. The minimum absolute atomic E-state index is 0.265. The summed E-state index contributed by atoms with van der Waals surface area (Å²) in [4.78, 5) is 30.7. The molecule has 0 fully saturated rings. The molecule has 0 saturated heterocycles. The Kier molecular flexibility index (Phi) is 5.20. The maximum Gasteiger partial charge on any atom is 0.407 e. The van der Waals surface area contributed by atoms with E-state index in [1.807, 2.05) is 13.0 Å². The third-order valence-electron chi connectivity index (χ3n) is 3.80. The number of aryl methyl sites for hydroxylation is 2. The van der Waals surface area contributed by atoms with E-state index in [1.165, 1.54) is 12.7 Å². The van der Waals surface area contributed by atoms with Gasteiger partial charge in [-0.3, -0.25) is 4.79 Å². The van der Waals surface area contributed by atoms with Gasteiger partial charge in [0.15, 0.2) is 0 Å². The number of rotatable bonds is 5. The fourth-order valence-electron chi connectivity index (χ4n) is 2.24. The van der Waals surface area contributed by atoms with Crippen molar-refractivity contribution in [2.75, 3.05) is 13.7 Å². The van der Waals surface area contributed by atoms with Crippen LogP contribution in [0.2, 0.25) is 0 Å². The van der Waals surface area contributed by atoms with E-state index in [0.717, 1.165) is 22.4 Å². The monoisotopic (exact) mass is 318 g/mol. The second-order valence-electron chi connectivity index (χ2n) is 5.49. The number of amides is 2. The van der Waals surface area contributed by atoms with Gasteiger partial charge in [0.25, 0.3) is 0 Å². The minimum atomic E-state index is -0.650. The number of carbonyl (C=O) groups excluding carboxylic acids is 2. The summed E-state index contributed by atoms with van der Waals surface area (Å²) in [5.41, 5.74) is 4.32. The molecule has 23 heavy (non-hydrogen) atoms. The lowest BCUT2D eigenvalue weighted by atomic mass is 10.1. The highest BCUT2D eigenvalue weighted by molar-refractivity contribution is 5.85. The van der Waals surface area contributed by atoms with Gasteiger partial charge in [0, 0.05) is 13.0 Å². The van der Waals surface area contributed by atoms with Crippen molar-refractivity contribution in [3.8, 4) is 0 Å². The number of alkyl carbamates (subject to hydrolysis) is 1. The lowest BCUT2D eigenvalue weighted by Crippen LogP contribution is -2.45. The zero-order valence-corrected chi connectivity index (χ0v) is 13.8. The van der Waals surface area contributed by atoms with E-state index >= 15 is 0 Å². The van der Waals surface area contributed by atoms with E-state index in [4.69, 9.17) is 0 Å². The third-order valence-corrected chi connectivity index (χ3v) is 3.80. The molecule has 1 aromatic heterocycles. The van der Waals surface area contributed by atoms with Crippen LogP contribution in [0.1, 0.15) is 23.9 Å². The predicted molar refractivity (Wildman–Crippen MR) is 87.3 cm³/mol. The maximum atomic E-state index is 11.8. The van der Waals surface area contributed by atoms with Crippen LogP contribution in [0.5, 0.6) is 0 Å². The number of hydrogen-bond acceptors (Lipinski definition) is 4. The Balaban J connectivity index is 1.90. The molecule has 1 unspecified atom stereocenters. The first-order valence-corrected chi connectivity index (χ1v) is 7.49. The summed E-state index contributed by atoms with van der Waals surface area (Å²) >= 11 is 0. The molecule has 1 aromatic carbocycles. The number of H-pyrrole nitrogens is 1. The fourth-order valence-corrected chi connectivity index (χ4v) is 2.24. The molecule has 1 atom stereocenters. The van der Waals surface area contributed by atoms with E-state index < -0.39 is 12.1 Å². The van der Waals surface area contributed by atoms with Crippen molar-refractivity contribution in [2.24, 2.45) is 0 Å². The molecule has 1 heterocycles. The number of nitrogens with one attached hydrogen (secondary N) is 3. The van der Waals surface area contributed by atoms with Crippen LogP contribution in [0.4, 0.5) is 4.79 Å². The number of carbonyl (C=O) groups is 2. The van der Waals surface area contributed by atoms with Crippen molar-refractivity contribution in [1.29, 1.82) is 0 Å². The SMILES string of the molecule is COC(=O)NC(C)C(=O)NCCc1nc2c(C)c(C)ccc2[nH]1. The zero-order chi connectivity index (χ0) is 17.0. The van der Waals surface area contributed by atoms with Crippen LogP contribution in [-0.4, -0.2) is 41.7 Å². The summed E-state index contributed by atoms with van der Waals surface area (Å²) in [6.07, 6.45) is -0.0418. The summed E-state index contributed by atoms with van der Waals surface area (Å²) in [7, 11) is 1.26. The van der Waals surface area contributed by atoms with Gasteiger partial charge in [-0.05, 0) is 38.0 Å². The first-order valence-electron chi connectivity index (χ1n) is 7.49. The second-order valence-corrected chi connectivity index (χ2v) is 5.49. The smallest absolute Gasteiger partial charge is 0.407 e. The van der Waals surface area contributed by atoms with E-state index in [1.54, 1.807) is 6.92 Å². The summed E-state index contributed by atoms with van der Waals surface area (Å²) in [5, 5.41) is 5.18. The Morgan fingerprint density at radius 1 is 1.35 bits per heavy atom. The Hall–Kier alpha value is -2.57. The van der Waals surface area contributed by atoms with Gasteiger partial charge in [-0.15, -0.1) is 0 Å². The highest BCUT2D eigenvalue weighted by Crippen LogP contribution is 2.19. The Morgan fingerprint density at radius 2 is 2.09 bits per heavy atom. The number of aromatic nitrogens is 2. The van der Waals surface area contributed by atoms with Crippen LogP contribution in [0, 0.1) is 13.8 Å². The normalized spacial score (nSPS) is 12.0. The molecule has 2 amide bonds. The third kappa shape index (κ3) is 4.00. The molecule has 0 spiro atoms. The van der Waals surface area contributed by atoms with Crippen molar-refractivity contribution in [1.82, 2.24) is 20.6 Å². The van der Waals surface area contributed by atoms with Crippen molar-refractivity contribution in [3.05, 3.63) is 29.1 Å².